The molecule has 0 saturated heterocycles. The molecule has 0 unspecified atom stereocenters. The first-order valence-corrected chi connectivity index (χ1v) is 7.48. The molecule has 8 heteroatoms. The van der Waals surface area contributed by atoms with Crippen LogP contribution in [0.15, 0.2) is 34.1 Å². The predicted molar refractivity (Wildman–Crippen MR) is 71.7 cm³/mol. The lowest BCUT2D eigenvalue weighted by molar-refractivity contribution is -0.130. The first-order valence-electron chi connectivity index (χ1n) is 5.99. The average molecular weight is 313 g/mol. The van der Waals surface area contributed by atoms with Gasteiger partial charge in [0, 0.05) is 0 Å². The van der Waals surface area contributed by atoms with Crippen LogP contribution in [0, 0.1) is 0 Å². The van der Waals surface area contributed by atoms with Crippen LogP contribution in [-0.2, 0) is 19.4 Å². The zero-order chi connectivity index (χ0) is 15.6. The van der Waals surface area contributed by atoms with E-state index in [2.05, 4.69) is 0 Å². The molecule has 1 aromatic rings. The van der Waals surface area contributed by atoms with E-state index in [0.29, 0.717) is 5.56 Å². The van der Waals surface area contributed by atoms with E-state index in [1.54, 1.807) is 18.2 Å². The van der Waals surface area contributed by atoms with Crippen LogP contribution in [0.3, 0.4) is 0 Å². The van der Waals surface area contributed by atoms with E-state index in [-0.39, 0.29) is 9.80 Å². The number of carbonyl (C=O) groups is 2. The van der Waals surface area contributed by atoms with Crippen molar-refractivity contribution in [1.29, 1.82) is 0 Å². The number of amides is 1. The summed E-state index contributed by atoms with van der Waals surface area (Å²) in [6.45, 7) is 0.654. The Kier molecular flexibility index (Phi) is 4.08. The van der Waals surface area contributed by atoms with Crippen LogP contribution in [-0.4, -0.2) is 33.2 Å². The third-order valence-corrected chi connectivity index (χ3v) is 4.77. The minimum absolute atomic E-state index is 0.0712. The number of sulfone groups is 1. The van der Waals surface area contributed by atoms with Crippen molar-refractivity contribution >= 4 is 28.0 Å². The molecular formula is C13H12FNO5S. The highest BCUT2D eigenvalue weighted by atomic mass is 32.2. The number of carbonyl (C=O) groups excluding carboxylic acids is 2. The highest BCUT2D eigenvalue weighted by molar-refractivity contribution is 7.95. The summed E-state index contributed by atoms with van der Waals surface area (Å²) < 4.78 is 41.2. The van der Waals surface area contributed by atoms with Gasteiger partial charge in [-0.15, -0.1) is 0 Å². The van der Waals surface area contributed by atoms with Gasteiger partial charge >= 0.3 is 12.1 Å². The molecule has 21 heavy (non-hydrogen) atoms. The summed E-state index contributed by atoms with van der Waals surface area (Å²) in [6.07, 6.45) is 0.336. The van der Waals surface area contributed by atoms with E-state index in [1.807, 2.05) is 5.32 Å². The highest BCUT2D eigenvalue weighted by Crippen LogP contribution is 2.32. The van der Waals surface area contributed by atoms with E-state index < -0.39 is 34.6 Å². The molecule has 0 bridgehead atoms. The van der Waals surface area contributed by atoms with Crippen molar-refractivity contribution in [2.24, 2.45) is 0 Å². The Morgan fingerprint density at radius 1 is 1.33 bits per heavy atom. The number of benzene rings is 1. The van der Waals surface area contributed by atoms with Gasteiger partial charge in [0.25, 0.3) is 0 Å². The maximum absolute atomic E-state index is 12.3. The molecule has 6 nitrogen and oxygen atoms in total. The Labute approximate surface area is 120 Å². The zero-order valence-corrected chi connectivity index (χ0v) is 11.8. The molecule has 2 rings (SSSR count). The molecule has 1 aliphatic heterocycles. The summed E-state index contributed by atoms with van der Waals surface area (Å²) >= 11 is 0. The first kappa shape index (κ1) is 15.2. The average Bonchev–Trinajstić information content (AvgIpc) is 2.68. The number of hydrogen-bond acceptors (Lipinski definition) is 5. The van der Waals surface area contributed by atoms with Crippen molar-refractivity contribution < 1.29 is 27.1 Å². The quantitative estimate of drug-likeness (QED) is 0.849. The largest absolute Gasteiger partial charge is 0.444 e. The Balaban J connectivity index is 2.03. The lowest BCUT2D eigenvalue weighted by Crippen LogP contribution is -2.37. The first-order chi connectivity index (χ1) is 9.82. The summed E-state index contributed by atoms with van der Waals surface area (Å²) in [5.74, 6) is 0. The van der Waals surface area contributed by atoms with Gasteiger partial charge in [0.2, 0.25) is 9.84 Å². The normalized spacial score (nSPS) is 16.6. The van der Waals surface area contributed by atoms with Gasteiger partial charge in [-0.1, -0.05) is 18.2 Å². The van der Waals surface area contributed by atoms with E-state index >= 15 is 0 Å². The van der Waals surface area contributed by atoms with Crippen LogP contribution in [0.4, 0.5) is 9.18 Å². The van der Waals surface area contributed by atoms with Crippen LogP contribution in [0.1, 0.15) is 12.5 Å². The van der Waals surface area contributed by atoms with Crippen molar-refractivity contribution in [2.75, 3.05) is 6.61 Å². The topological polar surface area (TPSA) is 89.5 Å². The van der Waals surface area contributed by atoms with Gasteiger partial charge in [0.05, 0.1) is 9.80 Å². The van der Waals surface area contributed by atoms with Crippen molar-refractivity contribution in [1.82, 2.24) is 5.32 Å². The van der Waals surface area contributed by atoms with Crippen LogP contribution in [0.5, 0.6) is 0 Å². The summed E-state index contributed by atoms with van der Waals surface area (Å²) in [7, 11) is -3.67. The van der Waals surface area contributed by atoms with Gasteiger partial charge in [-0.3, -0.25) is 4.79 Å². The second-order valence-corrected chi connectivity index (χ2v) is 6.37. The fourth-order valence-corrected chi connectivity index (χ4v) is 3.24. The molecule has 0 fully saturated rings. The zero-order valence-electron chi connectivity index (χ0n) is 11.0. The molecule has 1 aromatic carbocycles. The highest BCUT2D eigenvalue weighted by Gasteiger charge is 2.30. The van der Waals surface area contributed by atoms with E-state index in [0.717, 1.165) is 6.92 Å². The van der Waals surface area contributed by atoms with Crippen molar-refractivity contribution in [2.45, 2.75) is 17.9 Å². The molecule has 0 aliphatic carbocycles. The molecular weight excluding hydrogens is 301 g/mol. The van der Waals surface area contributed by atoms with Gasteiger partial charge in [0.15, 0.2) is 0 Å². The van der Waals surface area contributed by atoms with Gasteiger partial charge in [-0.05, 0) is 24.6 Å². The maximum atomic E-state index is 12.3. The molecule has 1 amide bonds. The summed E-state index contributed by atoms with van der Waals surface area (Å²) in [5.41, 5.74) is 0.517. The molecule has 0 aromatic heterocycles. The monoisotopic (exact) mass is 313 g/mol. The van der Waals surface area contributed by atoms with Gasteiger partial charge in [-0.2, -0.15) is 4.39 Å². The van der Waals surface area contributed by atoms with Crippen LogP contribution >= 0.6 is 0 Å². The second kappa shape index (κ2) is 5.65. The molecule has 0 radical (unpaired) electrons. The minimum atomic E-state index is -3.67. The van der Waals surface area contributed by atoms with Crippen LogP contribution < -0.4 is 5.32 Å². The van der Waals surface area contributed by atoms with Crippen molar-refractivity contribution in [3.8, 4) is 0 Å². The predicted octanol–water partition coefficient (Wildman–Crippen LogP) is 1.43. The number of nitrogens with one attached hydrogen (secondary N) is 1. The molecule has 1 N–H and O–H groups in total. The van der Waals surface area contributed by atoms with Crippen molar-refractivity contribution in [3.63, 3.8) is 0 Å². The Morgan fingerprint density at radius 3 is 2.62 bits per heavy atom. The van der Waals surface area contributed by atoms with Gasteiger partial charge in [-0.25, -0.2) is 13.2 Å². The molecule has 1 aliphatic rings. The molecule has 0 spiro atoms. The number of hydrogen-bond donors (Lipinski definition) is 1. The smallest absolute Gasteiger partial charge is 0.408 e. The third kappa shape index (κ3) is 3.10. The van der Waals surface area contributed by atoms with Crippen LogP contribution in [0.25, 0.3) is 6.08 Å². The number of alkyl carbamates (subject to hydrolysis) is 1. The number of ether oxygens (including phenoxy) is 1. The lowest BCUT2D eigenvalue weighted by atomic mass is 10.2. The molecule has 1 heterocycles. The number of fused-ring (bicyclic) bond motifs is 1. The standard InChI is InChI=1S/C13H12FNO5S/c1-8(12(14)16)15-13(17)20-7-10-6-9-4-2-3-5-11(9)21(10,18)19/h2-6,8H,7H2,1H3,(H,15,17)/t8-/m0/s1. The van der Waals surface area contributed by atoms with Gasteiger partial charge < -0.3 is 10.1 Å². The number of rotatable bonds is 4. The minimum Gasteiger partial charge on any atom is -0.444 e. The summed E-state index contributed by atoms with van der Waals surface area (Å²) in [6, 6.07) is 3.31. The van der Waals surface area contributed by atoms with E-state index in [4.69, 9.17) is 4.74 Å². The third-order valence-electron chi connectivity index (χ3n) is 2.89. The molecule has 1 atom stereocenters. The van der Waals surface area contributed by atoms with Gasteiger partial charge in [0.1, 0.15) is 12.6 Å². The van der Waals surface area contributed by atoms with Crippen molar-refractivity contribution in [3.05, 3.63) is 34.7 Å². The Morgan fingerprint density at radius 2 is 2.00 bits per heavy atom. The second-order valence-electron chi connectivity index (χ2n) is 4.40. The lowest BCUT2D eigenvalue weighted by Gasteiger charge is -2.10. The van der Waals surface area contributed by atoms with E-state index in [9.17, 15) is 22.4 Å². The Hall–Kier alpha value is -2.22. The van der Waals surface area contributed by atoms with Crippen LogP contribution in [0.2, 0.25) is 0 Å². The maximum Gasteiger partial charge on any atom is 0.408 e. The fraction of sp³-hybridized carbons (Fsp3) is 0.231. The summed E-state index contributed by atoms with van der Waals surface area (Å²) in [4.78, 5) is 21.7. The SMILES string of the molecule is C[C@H](NC(=O)OCC1=Cc2ccccc2S1(=O)=O)C(=O)F. The Bertz CT molecular complexity index is 726. The molecule has 112 valence electrons. The summed E-state index contributed by atoms with van der Waals surface area (Å²) in [5, 5.41) is 1.94. The fourth-order valence-electron chi connectivity index (χ4n) is 1.77. The van der Waals surface area contributed by atoms with E-state index in [1.165, 1.54) is 12.1 Å². The number of halogens is 1. The molecule has 0 saturated carbocycles.